The van der Waals surface area contributed by atoms with Crippen LogP contribution in [0.2, 0.25) is 0 Å². The molecule has 1 fully saturated rings. The normalized spacial score (nSPS) is 15.5. The lowest BCUT2D eigenvalue weighted by molar-refractivity contribution is 0.414. The number of nitrogens with one attached hydrogen (secondary N) is 2. The van der Waals surface area contributed by atoms with Gasteiger partial charge in [0, 0.05) is 16.7 Å². The van der Waals surface area contributed by atoms with Gasteiger partial charge in [0.2, 0.25) is 25.9 Å². The molecule has 5 rings (SSSR count). The largest absolute Gasteiger partial charge is 0.497 e. The van der Waals surface area contributed by atoms with E-state index in [0.717, 1.165) is 18.5 Å². The van der Waals surface area contributed by atoms with E-state index in [4.69, 9.17) is 14.6 Å². The van der Waals surface area contributed by atoms with Gasteiger partial charge < -0.3 is 14.8 Å². The summed E-state index contributed by atoms with van der Waals surface area (Å²) < 4.78 is 67.3. The number of benzene rings is 3. The summed E-state index contributed by atoms with van der Waals surface area (Å²) in [5.74, 6) is 1.20. The number of hydrogen-bond donors (Lipinski definition) is 3. The van der Waals surface area contributed by atoms with E-state index < -0.39 is 29.8 Å². The van der Waals surface area contributed by atoms with Gasteiger partial charge in [-0.05, 0) is 93.7 Å². The topological polar surface area (TPSA) is 180 Å². The standard InChI is InChI=1S/C27H30IN7O6S2/c1-40-20-7-3-17(4-8-20)14-31-43(38,39)26-23(42(29,36)37)13-22(19-11-12-30-15-19)25(28)24(26)27-32-34-35(33-27)16-18-5-9-21(41-2)10-6-18/h3-10,13,19,30-31H,11-12,14-16H2,1-2H3,(H2,29,36,37)/t19-/m0/s1. The molecular formula is C27H30IN7O6S2. The monoisotopic (exact) mass is 739 g/mol. The fourth-order valence-electron chi connectivity index (χ4n) is 4.83. The van der Waals surface area contributed by atoms with Crippen LogP contribution in [0, 0.1) is 3.57 Å². The van der Waals surface area contributed by atoms with Crippen molar-refractivity contribution >= 4 is 42.6 Å². The number of rotatable bonds is 11. The molecule has 43 heavy (non-hydrogen) atoms. The fraction of sp³-hybridized carbons (Fsp3) is 0.296. The Bertz CT molecular complexity index is 1820. The first-order chi connectivity index (χ1) is 20.5. The molecule has 13 nitrogen and oxygen atoms in total. The van der Waals surface area contributed by atoms with Crippen LogP contribution in [0.4, 0.5) is 0 Å². The zero-order valence-electron chi connectivity index (χ0n) is 23.3. The van der Waals surface area contributed by atoms with Gasteiger partial charge in [-0.15, -0.1) is 10.2 Å². The predicted octanol–water partition coefficient (Wildman–Crippen LogP) is 2.21. The highest BCUT2D eigenvalue weighted by Crippen LogP contribution is 2.40. The van der Waals surface area contributed by atoms with Crippen molar-refractivity contribution in [2.24, 2.45) is 5.14 Å². The number of aromatic nitrogens is 4. The van der Waals surface area contributed by atoms with E-state index in [2.05, 4.69) is 25.4 Å². The summed E-state index contributed by atoms with van der Waals surface area (Å²) in [6.07, 6.45) is 0.735. The van der Waals surface area contributed by atoms with Gasteiger partial charge in [0.15, 0.2) is 0 Å². The Morgan fingerprint density at radius 3 is 2.21 bits per heavy atom. The molecule has 0 saturated carbocycles. The molecule has 1 aliphatic rings. The Morgan fingerprint density at radius 1 is 1.02 bits per heavy atom. The van der Waals surface area contributed by atoms with Crippen LogP contribution in [0.25, 0.3) is 11.4 Å². The Morgan fingerprint density at radius 2 is 1.65 bits per heavy atom. The van der Waals surface area contributed by atoms with Crippen LogP contribution < -0.4 is 24.7 Å². The van der Waals surface area contributed by atoms with Gasteiger partial charge in [-0.3, -0.25) is 0 Å². The first-order valence-electron chi connectivity index (χ1n) is 13.1. The fourth-order valence-corrected chi connectivity index (χ4v) is 8.74. The van der Waals surface area contributed by atoms with Gasteiger partial charge in [-0.25, -0.2) is 26.7 Å². The van der Waals surface area contributed by atoms with Gasteiger partial charge in [-0.2, -0.15) is 4.80 Å². The van der Waals surface area contributed by atoms with Crippen LogP contribution in [0.15, 0.2) is 64.4 Å². The number of ether oxygens (including phenoxy) is 2. The van der Waals surface area contributed by atoms with Gasteiger partial charge in [-0.1, -0.05) is 24.3 Å². The van der Waals surface area contributed by atoms with Crippen molar-refractivity contribution in [3.8, 4) is 22.9 Å². The first-order valence-corrected chi connectivity index (χ1v) is 17.2. The van der Waals surface area contributed by atoms with Crippen LogP contribution in [0.5, 0.6) is 11.5 Å². The molecule has 3 aromatic carbocycles. The minimum atomic E-state index is -4.51. The van der Waals surface area contributed by atoms with Crippen LogP contribution in [-0.4, -0.2) is 64.4 Å². The molecule has 4 aromatic rings. The number of hydrogen-bond acceptors (Lipinski definition) is 10. The van der Waals surface area contributed by atoms with E-state index in [1.807, 2.05) is 34.7 Å². The second-order valence-electron chi connectivity index (χ2n) is 9.88. The zero-order valence-corrected chi connectivity index (χ0v) is 27.1. The van der Waals surface area contributed by atoms with Crippen molar-refractivity contribution in [1.82, 2.24) is 30.2 Å². The summed E-state index contributed by atoms with van der Waals surface area (Å²) in [5.41, 5.74) is 2.15. The highest BCUT2D eigenvalue weighted by atomic mass is 127. The van der Waals surface area contributed by atoms with E-state index in [1.165, 1.54) is 18.0 Å². The lowest BCUT2D eigenvalue weighted by atomic mass is 9.96. The Kier molecular flexibility index (Phi) is 9.33. The Balaban J connectivity index is 1.62. The molecule has 0 aliphatic carbocycles. The van der Waals surface area contributed by atoms with E-state index >= 15 is 0 Å². The summed E-state index contributed by atoms with van der Waals surface area (Å²) in [4.78, 5) is 0.264. The van der Waals surface area contributed by atoms with Gasteiger partial charge in [0.05, 0.1) is 26.3 Å². The second kappa shape index (κ2) is 12.8. The molecule has 2 heterocycles. The second-order valence-corrected chi connectivity index (χ2v) is 14.2. The number of sulfonamides is 2. The summed E-state index contributed by atoms with van der Waals surface area (Å²) in [7, 11) is -5.88. The van der Waals surface area contributed by atoms with Gasteiger partial charge in [0.25, 0.3) is 0 Å². The van der Waals surface area contributed by atoms with Crippen molar-refractivity contribution in [3.05, 3.63) is 74.9 Å². The molecule has 1 aliphatic heterocycles. The lowest BCUT2D eigenvalue weighted by Gasteiger charge is -2.20. The average Bonchev–Trinajstić information content (AvgIpc) is 3.69. The highest BCUT2D eigenvalue weighted by molar-refractivity contribution is 14.1. The minimum Gasteiger partial charge on any atom is -0.497 e. The number of primary sulfonamides is 1. The van der Waals surface area contributed by atoms with E-state index in [9.17, 15) is 16.8 Å². The van der Waals surface area contributed by atoms with Crippen molar-refractivity contribution in [1.29, 1.82) is 0 Å². The third kappa shape index (κ3) is 6.99. The number of nitrogens with two attached hydrogens (primary N) is 1. The van der Waals surface area contributed by atoms with Crippen molar-refractivity contribution in [2.45, 2.75) is 35.2 Å². The Hall–Kier alpha value is -3.16. The average molecular weight is 740 g/mol. The first kappa shape index (κ1) is 31.3. The summed E-state index contributed by atoms with van der Waals surface area (Å²) >= 11 is 2.03. The highest BCUT2D eigenvalue weighted by Gasteiger charge is 2.35. The maximum Gasteiger partial charge on any atom is 0.243 e. The minimum absolute atomic E-state index is 0.0252. The van der Waals surface area contributed by atoms with Crippen molar-refractivity contribution in [2.75, 3.05) is 27.3 Å². The Labute approximate surface area is 263 Å². The molecule has 1 aromatic heterocycles. The molecule has 1 saturated heterocycles. The van der Waals surface area contributed by atoms with E-state index in [-0.39, 0.29) is 30.4 Å². The molecule has 228 valence electrons. The van der Waals surface area contributed by atoms with E-state index in [0.29, 0.717) is 32.7 Å². The number of nitrogens with zero attached hydrogens (tertiary/aromatic N) is 4. The summed E-state index contributed by atoms with van der Waals surface area (Å²) in [6.45, 7) is 1.46. The SMILES string of the molecule is COc1ccc(CNS(=O)(=O)c2c(S(N)(=O)=O)cc([C@H]3CCNC3)c(I)c2-c2nnn(Cc3ccc(OC)cc3)n2)cc1. The molecule has 16 heteroatoms. The molecule has 0 radical (unpaired) electrons. The molecular weight excluding hydrogens is 709 g/mol. The smallest absolute Gasteiger partial charge is 0.243 e. The maximum absolute atomic E-state index is 14.0. The van der Waals surface area contributed by atoms with Gasteiger partial charge >= 0.3 is 0 Å². The zero-order chi connectivity index (χ0) is 30.8. The number of halogens is 1. The van der Waals surface area contributed by atoms with Crippen LogP contribution in [0.3, 0.4) is 0 Å². The van der Waals surface area contributed by atoms with Crippen LogP contribution >= 0.6 is 22.6 Å². The summed E-state index contributed by atoms with van der Waals surface area (Å²) in [6, 6.07) is 15.5. The quantitative estimate of drug-likeness (QED) is 0.193. The number of tetrazole rings is 1. The molecule has 4 N–H and O–H groups in total. The number of methoxy groups -OCH3 is 2. The molecule has 0 bridgehead atoms. The molecule has 1 atom stereocenters. The van der Waals surface area contributed by atoms with Crippen molar-refractivity contribution < 1.29 is 26.3 Å². The third-order valence-electron chi connectivity index (χ3n) is 7.07. The predicted molar refractivity (Wildman–Crippen MR) is 167 cm³/mol. The van der Waals surface area contributed by atoms with Crippen molar-refractivity contribution in [3.63, 3.8) is 0 Å². The molecule has 0 unspecified atom stereocenters. The van der Waals surface area contributed by atoms with E-state index in [1.54, 1.807) is 43.5 Å². The van der Waals surface area contributed by atoms with Crippen LogP contribution in [-0.2, 0) is 33.1 Å². The summed E-state index contributed by atoms with van der Waals surface area (Å²) in [5, 5.41) is 21.7. The third-order valence-corrected chi connectivity index (χ3v) is 10.8. The van der Waals surface area contributed by atoms with Crippen LogP contribution in [0.1, 0.15) is 29.0 Å². The maximum atomic E-state index is 14.0. The molecule has 0 spiro atoms. The van der Waals surface area contributed by atoms with Gasteiger partial charge in [0.1, 0.15) is 21.3 Å². The molecule has 0 amide bonds. The lowest BCUT2D eigenvalue weighted by Crippen LogP contribution is -2.28.